The number of carbonyl (C=O) groups excluding carboxylic acids is 3. The Kier molecular flexibility index (Phi) is 5.39. The highest BCUT2D eigenvalue weighted by Gasteiger charge is 2.39. The minimum absolute atomic E-state index is 0.0349. The SMILES string of the molecule is CC(=O)N(C1=C(N2CCOCC2)C(=O)c2ccccc2C1=O)c1cccc(C(=O)O)c1. The number of allylic oxidation sites excluding steroid dienone is 2. The molecule has 31 heavy (non-hydrogen) atoms. The second-order valence-corrected chi connectivity index (χ2v) is 7.21. The van der Waals surface area contributed by atoms with Crippen LogP contribution in [-0.2, 0) is 9.53 Å². The number of rotatable bonds is 4. The molecule has 1 heterocycles. The first-order chi connectivity index (χ1) is 14.9. The summed E-state index contributed by atoms with van der Waals surface area (Å²) in [5.41, 5.74) is 0.713. The lowest BCUT2D eigenvalue weighted by atomic mass is 9.88. The summed E-state index contributed by atoms with van der Waals surface area (Å²) in [6.45, 7) is 2.82. The molecule has 0 radical (unpaired) electrons. The Balaban J connectivity index is 1.96. The number of morpholine rings is 1. The van der Waals surface area contributed by atoms with Crippen molar-refractivity contribution in [2.75, 3.05) is 31.2 Å². The molecule has 8 nitrogen and oxygen atoms in total. The maximum atomic E-state index is 13.6. The molecule has 1 saturated heterocycles. The van der Waals surface area contributed by atoms with Gasteiger partial charge in [0, 0.05) is 36.8 Å². The molecule has 0 spiro atoms. The highest BCUT2D eigenvalue weighted by Crippen LogP contribution is 2.34. The molecular weight excluding hydrogens is 400 g/mol. The summed E-state index contributed by atoms with van der Waals surface area (Å²) in [5.74, 6) is -2.49. The van der Waals surface area contributed by atoms with E-state index in [9.17, 15) is 24.3 Å². The molecule has 1 aliphatic heterocycles. The van der Waals surface area contributed by atoms with E-state index in [-0.39, 0.29) is 39.6 Å². The van der Waals surface area contributed by atoms with Gasteiger partial charge in [-0.1, -0.05) is 30.3 Å². The van der Waals surface area contributed by atoms with Crippen LogP contribution in [0.4, 0.5) is 5.69 Å². The quantitative estimate of drug-likeness (QED) is 0.810. The van der Waals surface area contributed by atoms with Gasteiger partial charge in [0.05, 0.1) is 18.8 Å². The van der Waals surface area contributed by atoms with Crippen molar-refractivity contribution in [3.05, 3.63) is 76.6 Å². The van der Waals surface area contributed by atoms with Crippen LogP contribution in [-0.4, -0.2) is 59.8 Å². The van der Waals surface area contributed by atoms with E-state index in [0.717, 1.165) is 4.90 Å². The fourth-order valence-electron chi connectivity index (χ4n) is 3.88. The molecule has 8 heteroatoms. The molecule has 4 rings (SSSR count). The first-order valence-corrected chi connectivity index (χ1v) is 9.79. The van der Waals surface area contributed by atoms with E-state index in [1.807, 2.05) is 0 Å². The van der Waals surface area contributed by atoms with Crippen molar-refractivity contribution in [3.8, 4) is 0 Å². The highest BCUT2D eigenvalue weighted by molar-refractivity contribution is 6.29. The van der Waals surface area contributed by atoms with E-state index in [1.54, 1.807) is 29.2 Å². The number of Topliss-reactive ketones (excluding diaryl/α,β-unsaturated/α-hetero) is 2. The first-order valence-electron chi connectivity index (χ1n) is 9.79. The molecule has 0 atom stereocenters. The molecular formula is C23H20N2O6. The van der Waals surface area contributed by atoms with Crippen molar-refractivity contribution in [2.45, 2.75) is 6.92 Å². The molecule has 1 N–H and O–H groups in total. The van der Waals surface area contributed by atoms with Crippen molar-refractivity contribution >= 4 is 29.1 Å². The van der Waals surface area contributed by atoms with Crippen molar-refractivity contribution in [1.29, 1.82) is 0 Å². The molecule has 0 unspecified atom stereocenters. The summed E-state index contributed by atoms with van der Waals surface area (Å²) in [4.78, 5) is 54.2. The van der Waals surface area contributed by atoms with Gasteiger partial charge in [-0.25, -0.2) is 4.79 Å². The Labute approximate surface area is 178 Å². The lowest BCUT2D eigenvalue weighted by Gasteiger charge is -2.36. The summed E-state index contributed by atoms with van der Waals surface area (Å²) in [6, 6.07) is 12.2. The lowest BCUT2D eigenvalue weighted by molar-refractivity contribution is -0.116. The third kappa shape index (κ3) is 3.62. The van der Waals surface area contributed by atoms with Crippen LogP contribution in [0.15, 0.2) is 59.9 Å². The summed E-state index contributed by atoms with van der Waals surface area (Å²) >= 11 is 0. The van der Waals surface area contributed by atoms with Crippen LogP contribution in [0.1, 0.15) is 38.0 Å². The average molecular weight is 420 g/mol. The molecule has 0 bridgehead atoms. The zero-order valence-electron chi connectivity index (χ0n) is 16.8. The number of ether oxygens (including phenoxy) is 1. The van der Waals surface area contributed by atoms with Gasteiger partial charge in [0.15, 0.2) is 0 Å². The van der Waals surface area contributed by atoms with Crippen LogP contribution < -0.4 is 4.90 Å². The van der Waals surface area contributed by atoms with Crippen molar-refractivity contribution in [2.24, 2.45) is 0 Å². The van der Waals surface area contributed by atoms with Crippen molar-refractivity contribution in [1.82, 2.24) is 4.90 Å². The third-order valence-electron chi connectivity index (χ3n) is 5.29. The van der Waals surface area contributed by atoms with Crippen LogP contribution in [0, 0.1) is 0 Å². The van der Waals surface area contributed by atoms with Gasteiger partial charge < -0.3 is 14.7 Å². The number of benzene rings is 2. The van der Waals surface area contributed by atoms with E-state index < -0.39 is 17.7 Å². The van der Waals surface area contributed by atoms with Crippen LogP contribution in [0.3, 0.4) is 0 Å². The summed E-state index contributed by atoms with van der Waals surface area (Å²) in [7, 11) is 0. The topological polar surface area (TPSA) is 104 Å². The highest BCUT2D eigenvalue weighted by atomic mass is 16.5. The standard InChI is InChI=1S/C23H20N2O6/c1-14(26)25(16-6-4-5-15(13-16)23(29)30)20-19(24-9-11-31-12-10-24)21(27)17-7-2-3-8-18(17)22(20)28/h2-8,13H,9-12H2,1H3,(H,29,30). The van der Waals surface area contributed by atoms with Gasteiger partial charge in [-0.05, 0) is 18.2 Å². The summed E-state index contributed by atoms with van der Waals surface area (Å²) < 4.78 is 5.39. The molecule has 158 valence electrons. The van der Waals surface area contributed by atoms with Gasteiger partial charge in [-0.15, -0.1) is 0 Å². The summed E-state index contributed by atoms with van der Waals surface area (Å²) in [6.07, 6.45) is 0. The normalized spacial score (nSPS) is 16.2. The number of aromatic carboxylic acids is 1. The van der Waals surface area contributed by atoms with Crippen LogP contribution >= 0.6 is 0 Å². The Bertz CT molecular complexity index is 1130. The Hall–Kier alpha value is -3.78. The van der Waals surface area contributed by atoms with E-state index in [4.69, 9.17) is 4.74 Å². The fraction of sp³-hybridized carbons (Fsp3) is 0.217. The number of ketones is 2. The molecule has 2 aliphatic rings. The predicted octanol–water partition coefficient (Wildman–Crippen LogP) is 2.36. The molecule has 0 saturated carbocycles. The third-order valence-corrected chi connectivity index (χ3v) is 5.29. The second-order valence-electron chi connectivity index (χ2n) is 7.21. The number of hydrogen-bond donors (Lipinski definition) is 1. The van der Waals surface area contributed by atoms with E-state index >= 15 is 0 Å². The Morgan fingerprint density at radius 3 is 2.23 bits per heavy atom. The van der Waals surface area contributed by atoms with Gasteiger partial charge >= 0.3 is 5.97 Å². The van der Waals surface area contributed by atoms with E-state index in [2.05, 4.69) is 0 Å². The van der Waals surface area contributed by atoms with Gasteiger partial charge in [0.1, 0.15) is 11.4 Å². The average Bonchev–Trinajstić information content (AvgIpc) is 2.78. The smallest absolute Gasteiger partial charge is 0.335 e. The number of fused-ring (bicyclic) bond motifs is 1. The van der Waals surface area contributed by atoms with E-state index in [1.165, 1.54) is 31.2 Å². The maximum absolute atomic E-state index is 13.6. The minimum Gasteiger partial charge on any atom is -0.478 e. The molecule has 2 aromatic rings. The molecule has 1 aliphatic carbocycles. The van der Waals surface area contributed by atoms with Crippen molar-refractivity contribution < 1.29 is 29.0 Å². The monoisotopic (exact) mass is 420 g/mol. The van der Waals surface area contributed by atoms with Crippen LogP contribution in [0.25, 0.3) is 0 Å². The van der Waals surface area contributed by atoms with Gasteiger partial charge in [-0.3, -0.25) is 19.3 Å². The Morgan fingerprint density at radius 1 is 0.968 bits per heavy atom. The first kappa shape index (κ1) is 20.5. The summed E-state index contributed by atoms with van der Waals surface area (Å²) in [5, 5.41) is 9.36. The lowest BCUT2D eigenvalue weighted by Crippen LogP contribution is -2.45. The number of carboxylic acid groups (broad SMARTS) is 1. The molecule has 0 aromatic heterocycles. The fourth-order valence-corrected chi connectivity index (χ4v) is 3.88. The van der Waals surface area contributed by atoms with Crippen LogP contribution in [0.5, 0.6) is 0 Å². The number of amides is 1. The predicted molar refractivity (Wildman–Crippen MR) is 111 cm³/mol. The van der Waals surface area contributed by atoms with E-state index in [0.29, 0.717) is 26.3 Å². The molecule has 1 fully saturated rings. The number of nitrogens with zero attached hydrogens (tertiary/aromatic N) is 2. The number of hydrogen-bond acceptors (Lipinski definition) is 6. The number of anilines is 1. The molecule has 1 amide bonds. The maximum Gasteiger partial charge on any atom is 0.335 e. The zero-order chi connectivity index (χ0) is 22.1. The number of carboxylic acids is 1. The van der Waals surface area contributed by atoms with Gasteiger partial charge in [0.25, 0.3) is 0 Å². The second kappa shape index (κ2) is 8.16. The largest absolute Gasteiger partial charge is 0.478 e. The van der Waals surface area contributed by atoms with Crippen molar-refractivity contribution in [3.63, 3.8) is 0 Å². The van der Waals surface area contributed by atoms with Gasteiger partial charge in [-0.2, -0.15) is 0 Å². The minimum atomic E-state index is -1.16. The number of carbonyl (C=O) groups is 4. The van der Waals surface area contributed by atoms with Gasteiger partial charge in [0.2, 0.25) is 17.5 Å². The van der Waals surface area contributed by atoms with Crippen LogP contribution in [0.2, 0.25) is 0 Å². The Morgan fingerprint density at radius 2 is 1.61 bits per heavy atom. The molecule has 2 aromatic carbocycles. The zero-order valence-corrected chi connectivity index (χ0v) is 16.8.